The van der Waals surface area contributed by atoms with E-state index in [0.717, 1.165) is 25.7 Å². The van der Waals surface area contributed by atoms with Crippen molar-refractivity contribution in [3.05, 3.63) is 0 Å². The molecule has 0 radical (unpaired) electrons. The third kappa shape index (κ3) is 7.93. The van der Waals surface area contributed by atoms with Crippen molar-refractivity contribution in [1.29, 1.82) is 0 Å². The zero-order chi connectivity index (χ0) is 24.5. The van der Waals surface area contributed by atoms with Gasteiger partial charge in [-0.25, -0.2) is 0 Å². The van der Waals surface area contributed by atoms with Crippen molar-refractivity contribution in [3.63, 3.8) is 0 Å². The maximum atomic E-state index is 9.15. The summed E-state index contributed by atoms with van der Waals surface area (Å²) in [5.41, 5.74) is 0.119. The summed E-state index contributed by atoms with van der Waals surface area (Å²) in [6, 6.07) is 0.516. The minimum Gasteiger partial charge on any atom is -0.396 e. The fourth-order valence-corrected chi connectivity index (χ4v) is 6.08. The van der Waals surface area contributed by atoms with E-state index in [0.29, 0.717) is 30.8 Å². The van der Waals surface area contributed by atoms with Crippen LogP contribution < -0.4 is 26.6 Å². The molecule has 0 bridgehead atoms. The smallest absolute Gasteiger partial charge is 0.229 e. The van der Waals surface area contributed by atoms with Crippen LogP contribution in [-0.4, -0.2) is 67.4 Å². The van der Waals surface area contributed by atoms with E-state index < -0.39 is 0 Å². The van der Waals surface area contributed by atoms with Crippen molar-refractivity contribution in [2.75, 3.05) is 29.1 Å². The van der Waals surface area contributed by atoms with Crippen LogP contribution in [0.4, 0.5) is 17.8 Å². The molecule has 33 heavy (non-hydrogen) atoms. The lowest BCUT2D eigenvalue weighted by Gasteiger charge is -2.46. The summed E-state index contributed by atoms with van der Waals surface area (Å²) < 4.78 is 0. The number of nitrogens with one attached hydrogen (secondary N) is 5. The second kappa shape index (κ2) is 9.50. The molecule has 0 unspecified atom stereocenters. The van der Waals surface area contributed by atoms with Crippen LogP contribution in [-0.2, 0) is 0 Å². The van der Waals surface area contributed by atoms with Gasteiger partial charge in [0.15, 0.2) is 0 Å². The first-order valence-corrected chi connectivity index (χ1v) is 12.4. The molecule has 9 nitrogen and oxygen atoms in total. The second-order valence-corrected chi connectivity index (χ2v) is 12.6. The van der Waals surface area contributed by atoms with Crippen molar-refractivity contribution in [1.82, 2.24) is 25.6 Å². The van der Waals surface area contributed by atoms with Gasteiger partial charge < -0.3 is 31.7 Å². The molecule has 6 N–H and O–H groups in total. The van der Waals surface area contributed by atoms with Crippen LogP contribution in [0.25, 0.3) is 0 Å². The van der Waals surface area contributed by atoms with Gasteiger partial charge >= 0.3 is 0 Å². The summed E-state index contributed by atoms with van der Waals surface area (Å²) in [6.07, 6.45) is 4.57. The first-order valence-electron chi connectivity index (χ1n) is 12.4. The lowest BCUT2D eigenvalue weighted by atomic mass is 9.79. The highest BCUT2D eigenvalue weighted by atomic mass is 16.3. The standard InChI is InChI=1S/C24H46N8O/c1-21(2)12-16(13-22(3,4)31-21)26-19-28-18(25-10-9-11-33)29-20(30-19)27-17-14-23(5,6)32-24(7,8)15-17/h16-17,31-33H,9-15H2,1-8H3,(H3,25,26,27,28,29,30). The monoisotopic (exact) mass is 462 g/mol. The van der Waals surface area contributed by atoms with Crippen molar-refractivity contribution >= 4 is 17.8 Å². The minimum atomic E-state index is 0.0298. The van der Waals surface area contributed by atoms with Gasteiger partial charge in [-0.15, -0.1) is 0 Å². The van der Waals surface area contributed by atoms with Gasteiger partial charge in [-0.3, -0.25) is 0 Å². The van der Waals surface area contributed by atoms with Crippen molar-refractivity contribution in [2.45, 2.75) is 122 Å². The zero-order valence-electron chi connectivity index (χ0n) is 21.9. The number of aromatic nitrogens is 3. The van der Waals surface area contributed by atoms with E-state index in [1.54, 1.807) is 0 Å². The van der Waals surface area contributed by atoms with E-state index in [4.69, 9.17) is 10.1 Å². The number of rotatable bonds is 8. The Hall–Kier alpha value is -1.71. The molecule has 2 aliphatic heterocycles. The number of aliphatic hydroxyl groups is 1. The average Bonchev–Trinajstić information content (AvgIpc) is 2.56. The maximum absolute atomic E-state index is 9.15. The maximum Gasteiger partial charge on any atom is 0.229 e. The van der Waals surface area contributed by atoms with E-state index >= 15 is 0 Å². The van der Waals surface area contributed by atoms with Gasteiger partial charge in [-0.1, -0.05) is 0 Å². The summed E-state index contributed by atoms with van der Waals surface area (Å²) in [5.74, 6) is 1.71. The molecule has 2 saturated heterocycles. The second-order valence-electron chi connectivity index (χ2n) is 12.6. The molecule has 2 aliphatic rings. The molecule has 188 valence electrons. The zero-order valence-corrected chi connectivity index (χ0v) is 21.9. The molecule has 9 heteroatoms. The van der Waals surface area contributed by atoms with Crippen molar-refractivity contribution in [3.8, 4) is 0 Å². The number of hydrogen-bond acceptors (Lipinski definition) is 9. The minimum absolute atomic E-state index is 0.0298. The van der Waals surface area contributed by atoms with Gasteiger partial charge in [0.05, 0.1) is 0 Å². The first kappa shape index (κ1) is 25.9. The van der Waals surface area contributed by atoms with Gasteiger partial charge in [0.1, 0.15) is 0 Å². The SMILES string of the molecule is CC1(C)CC(Nc2nc(NCCCO)nc(NC3CC(C)(C)NC(C)(C)C3)n2)CC(C)(C)N1. The Morgan fingerprint density at radius 2 is 1.06 bits per heavy atom. The normalized spacial score (nSPS) is 24.3. The highest BCUT2D eigenvalue weighted by Crippen LogP contribution is 2.32. The fourth-order valence-electron chi connectivity index (χ4n) is 6.08. The van der Waals surface area contributed by atoms with Gasteiger partial charge in [0.2, 0.25) is 17.8 Å². The Bertz CT molecular complexity index is 717. The molecule has 0 saturated carbocycles. The van der Waals surface area contributed by atoms with E-state index in [1.165, 1.54) is 0 Å². The molecule has 3 heterocycles. The van der Waals surface area contributed by atoms with Crippen molar-refractivity contribution < 1.29 is 5.11 Å². The molecule has 2 fully saturated rings. The summed E-state index contributed by atoms with van der Waals surface area (Å²) >= 11 is 0. The van der Waals surface area contributed by atoms with E-state index in [2.05, 4.69) is 91.9 Å². The molecule has 0 aromatic carbocycles. The third-order valence-electron chi connectivity index (χ3n) is 6.30. The lowest BCUT2D eigenvalue weighted by Crippen LogP contribution is -2.60. The number of nitrogens with zero attached hydrogens (tertiary/aromatic N) is 3. The van der Waals surface area contributed by atoms with Gasteiger partial charge in [-0.2, -0.15) is 15.0 Å². The molecule has 3 rings (SSSR count). The molecule has 0 amide bonds. The first-order chi connectivity index (χ1) is 15.2. The van der Waals surface area contributed by atoms with Crippen LogP contribution in [0.5, 0.6) is 0 Å². The van der Waals surface area contributed by atoms with Crippen LogP contribution in [0.1, 0.15) is 87.5 Å². The number of anilines is 3. The highest BCUT2D eigenvalue weighted by molar-refractivity contribution is 5.43. The molecule has 1 aromatic heterocycles. The predicted molar refractivity (Wildman–Crippen MR) is 136 cm³/mol. The Morgan fingerprint density at radius 3 is 1.42 bits per heavy atom. The summed E-state index contributed by atoms with van der Waals surface area (Å²) in [5, 5.41) is 27.0. The van der Waals surface area contributed by atoms with Crippen LogP contribution in [0.2, 0.25) is 0 Å². The Morgan fingerprint density at radius 1 is 0.697 bits per heavy atom. The predicted octanol–water partition coefficient (Wildman–Crippen LogP) is 3.11. The summed E-state index contributed by atoms with van der Waals surface area (Å²) in [4.78, 5) is 14.1. The van der Waals surface area contributed by atoms with Crippen LogP contribution in [0.3, 0.4) is 0 Å². The summed E-state index contributed by atoms with van der Waals surface area (Å²) in [7, 11) is 0. The van der Waals surface area contributed by atoms with Gasteiger partial charge in [-0.05, 0) is 87.5 Å². The van der Waals surface area contributed by atoms with Crippen LogP contribution >= 0.6 is 0 Å². The van der Waals surface area contributed by atoms with Gasteiger partial charge in [0.25, 0.3) is 0 Å². The Labute approximate surface area is 199 Å². The van der Waals surface area contributed by atoms with Gasteiger partial charge in [0, 0.05) is 47.4 Å². The Kier molecular flexibility index (Phi) is 7.46. The topological polar surface area (TPSA) is 119 Å². The number of aliphatic hydroxyl groups excluding tert-OH is 1. The van der Waals surface area contributed by atoms with Crippen LogP contribution in [0, 0.1) is 0 Å². The quantitative estimate of drug-likeness (QED) is 0.324. The average molecular weight is 463 g/mol. The Balaban J connectivity index is 1.80. The molecule has 0 spiro atoms. The van der Waals surface area contributed by atoms with Crippen molar-refractivity contribution in [2.24, 2.45) is 0 Å². The molecule has 0 atom stereocenters. The summed E-state index contributed by atoms with van der Waals surface area (Å²) in [6.45, 7) is 18.7. The molecular weight excluding hydrogens is 416 g/mol. The highest BCUT2D eigenvalue weighted by Gasteiger charge is 2.39. The van der Waals surface area contributed by atoms with Crippen LogP contribution in [0.15, 0.2) is 0 Å². The third-order valence-corrected chi connectivity index (χ3v) is 6.30. The van der Waals surface area contributed by atoms with E-state index in [-0.39, 0.29) is 40.8 Å². The van der Waals surface area contributed by atoms with E-state index in [1.807, 2.05) is 0 Å². The largest absolute Gasteiger partial charge is 0.396 e. The fraction of sp³-hybridized carbons (Fsp3) is 0.875. The number of hydrogen-bond donors (Lipinski definition) is 6. The lowest BCUT2D eigenvalue weighted by molar-refractivity contribution is 0.170. The molecular formula is C24H46N8O. The number of piperidine rings is 2. The molecule has 1 aromatic rings. The molecule has 0 aliphatic carbocycles. The van der Waals surface area contributed by atoms with E-state index in [9.17, 15) is 0 Å².